The summed E-state index contributed by atoms with van der Waals surface area (Å²) in [6.07, 6.45) is 27.2. The third-order valence-corrected chi connectivity index (χ3v) is 6.27. The summed E-state index contributed by atoms with van der Waals surface area (Å²) in [5.41, 5.74) is 0. The van der Waals surface area contributed by atoms with Crippen LogP contribution < -0.4 is 5.32 Å². The molecular formula is C28H55NO3. The van der Waals surface area contributed by atoms with Crippen LogP contribution >= 0.6 is 0 Å². The highest BCUT2D eigenvalue weighted by Gasteiger charge is 2.17. The van der Waals surface area contributed by atoms with Gasteiger partial charge in [0, 0.05) is 6.42 Å². The van der Waals surface area contributed by atoms with Crippen molar-refractivity contribution in [1.29, 1.82) is 0 Å². The summed E-state index contributed by atoms with van der Waals surface area (Å²) in [4.78, 5) is 12.0. The molecule has 0 heterocycles. The Bertz CT molecular complexity index is 425. The van der Waals surface area contributed by atoms with E-state index in [0.29, 0.717) is 6.42 Å². The van der Waals surface area contributed by atoms with E-state index in [4.69, 9.17) is 0 Å². The average Bonchev–Trinajstić information content (AvgIpc) is 2.79. The quantitative estimate of drug-likeness (QED) is 0.107. The zero-order chi connectivity index (χ0) is 23.7. The number of allylic oxidation sites excluding steroid dienone is 1. The van der Waals surface area contributed by atoms with Crippen LogP contribution in [0.15, 0.2) is 12.2 Å². The summed E-state index contributed by atoms with van der Waals surface area (Å²) in [5, 5.41) is 22.6. The monoisotopic (exact) mass is 453 g/mol. The van der Waals surface area contributed by atoms with Gasteiger partial charge in [0.05, 0.1) is 18.8 Å². The fourth-order valence-corrected chi connectivity index (χ4v) is 4.06. The normalized spacial score (nSPS) is 13.5. The molecular weight excluding hydrogens is 398 g/mol. The van der Waals surface area contributed by atoms with Gasteiger partial charge in [-0.3, -0.25) is 4.79 Å². The Balaban J connectivity index is 3.67. The van der Waals surface area contributed by atoms with Crippen LogP contribution in [0.2, 0.25) is 0 Å². The van der Waals surface area contributed by atoms with Gasteiger partial charge in [-0.2, -0.15) is 0 Å². The van der Waals surface area contributed by atoms with Crippen LogP contribution in [0.4, 0.5) is 0 Å². The lowest BCUT2D eigenvalue weighted by molar-refractivity contribution is -0.123. The van der Waals surface area contributed by atoms with Gasteiger partial charge in [0.15, 0.2) is 0 Å². The molecule has 1 amide bonds. The van der Waals surface area contributed by atoms with Gasteiger partial charge in [-0.25, -0.2) is 0 Å². The SMILES string of the molecule is CCCCCCCCCCCCCC/C=C/C(O)C(CO)NC(=O)CCCCCCCC. The lowest BCUT2D eigenvalue weighted by atomic mass is 10.0. The van der Waals surface area contributed by atoms with Gasteiger partial charge < -0.3 is 15.5 Å². The van der Waals surface area contributed by atoms with E-state index in [1.165, 1.54) is 96.3 Å². The lowest BCUT2D eigenvalue weighted by Gasteiger charge is -2.20. The number of aliphatic hydroxyl groups is 2. The second kappa shape index (κ2) is 24.8. The van der Waals surface area contributed by atoms with Gasteiger partial charge in [0.2, 0.25) is 5.91 Å². The minimum atomic E-state index is -0.828. The maximum atomic E-state index is 12.0. The largest absolute Gasteiger partial charge is 0.394 e. The van der Waals surface area contributed by atoms with E-state index < -0.39 is 12.1 Å². The Hall–Kier alpha value is -0.870. The molecule has 4 nitrogen and oxygen atoms in total. The van der Waals surface area contributed by atoms with Crippen molar-refractivity contribution in [2.75, 3.05) is 6.61 Å². The summed E-state index contributed by atoms with van der Waals surface area (Å²) in [7, 11) is 0. The topological polar surface area (TPSA) is 69.6 Å². The predicted octanol–water partition coefficient (Wildman–Crippen LogP) is 7.22. The second-order valence-electron chi connectivity index (χ2n) is 9.47. The molecule has 32 heavy (non-hydrogen) atoms. The standard InChI is InChI=1S/C28H55NO3/c1-3-5-7-9-11-12-13-14-15-16-17-18-19-21-23-27(31)26(25-30)29-28(32)24-22-20-10-8-6-4-2/h21,23,26-27,30-31H,3-20,22,24-25H2,1-2H3,(H,29,32)/b23-21+. The minimum absolute atomic E-state index is 0.0760. The fourth-order valence-electron chi connectivity index (χ4n) is 4.06. The Morgan fingerprint density at radius 2 is 1.16 bits per heavy atom. The van der Waals surface area contributed by atoms with Crippen LogP contribution in [0.5, 0.6) is 0 Å². The molecule has 0 aromatic rings. The van der Waals surface area contributed by atoms with Crippen molar-refractivity contribution in [2.45, 2.75) is 154 Å². The molecule has 0 aromatic carbocycles. The van der Waals surface area contributed by atoms with E-state index in [2.05, 4.69) is 19.2 Å². The highest BCUT2D eigenvalue weighted by molar-refractivity contribution is 5.76. The van der Waals surface area contributed by atoms with Gasteiger partial charge in [-0.15, -0.1) is 0 Å². The molecule has 2 atom stereocenters. The molecule has 0 saturated heterocycles. The molecule has 0 aliphatic rings. The molecule has 0 bridgehead atoms. The first kappa shape index (κ1) is 31.1. The van der Waals surface area contributed by atoms with Gasteiger partial charge in [-0.1, -0.05) is 129 Å². The maximum absolute atomic E-state index is 12.0. The number of carbonyl (C=O) groups is 1. The number of hydrogen-bond donors (Lipinski definition) is 3. The van der Waals surface area contributed by atoms with Gasteiger partial charge in [0.1, 0.15) is 0 Å². The summed E-state index contributed by atoms with van der Waals surface area (Å²) in [6.45, 7) is 4.22. The van der Waals surface area contributed by atoms with Crippen LogP contribution in [-0.4, -0.2) is 34.9 Å². The summed E-state index contributed by atoms with van der Waals surface area (Å²) in [6, 6.07) is -0.610. The van der Waals surface area contributed by atoms with Gasteiger partial charge in [0.25, 0.3) is 0 Å². The van der Waals surface area contributed by atoms with Crippen LogP contribution in [0.3, 0.4) is 0 Å². The number of carbonyl (C=O) groups excluding carboxylic acids is 1. The summed E-state index contributed by atoms with van der Waals surface area (Å²) >= 11 is 0. The van der Waals surface area contributed by atoms with E-state index in [9.17, 15) is 15.0 Å². The summed E-state index contributed by atoms with van der Waals surface area (Å²) < 4.78 is 0. The van der Waals surface area contributed by atoms with E-state index in [-0.39, 0.29) is 12.5 Å². The Morgan fingerprint density at radius 3 is 1.62 bits per heavy atom. The lowest BCUT2D eigenvalue weighted by Crippen LogP contribution is -2.45. The molecule has 0 fully saturated rings. The first-order chi connectivity index (χ1) is 15.7. The first-order valence-corrected chi connectivity index (χ1v) is 13.9. The molecule has 0 rings (SSSR count). The number of nitrogens with one attached hydrogen (secondary N) is 1. The Labute approximate surface area is 199 Å². The molecule has 3 N–H and O–H groups in total. The van der Waals surface area contributed by atoms with Crippen LogP contribution in [0.25, 0.3) is 0 Å². The summed E-state index contributed by atoms with van der Waals surface area (Å²) in [5.74, 6) is -0.0760. The van der Waals surface area contributed by atoms with Crippen molar-refractivity contribution in [1.82, 2.24) is 5.32 Å². The van der Waals surface area contributed by atoms with Crippen molar-refractivity contribution in [3.05, 3.63) is 12.2 Å². The molecule has 0 spiro atoms. The molecule has 0 aliphatic carbocycles. The van der Waals surface area contributed by atoms with E-state index in [1.807, 2.05) is 6.08 Å². The van der Waals surface area contributed by atoms with Crippen LogP contribution in [0.1, 0.15) is 142 Å². The Morgan fingerprint density at radius 1 is 0.719 bits per heavy atom. The van der Waals surface area contributed by atoms with Gasteiger partial charge >= 0.3 is 0 Å². The third kappa shape index (κ3) is 21.0. The van der Waals surface area contributed by atoms with Crippen molar-refractivity contribution in [3.63, 3.8) is 0 Å². The molecule has 0 radical (unpaired) electrons. The predicted molar refractivity (Wildman–Crippen MR) is 138 cm³/mol. The van der Waals surface area contributed by atoms with Gasteiger partial charge in [-0.05, 0) is 19.3 Å². The first-order valence-electron chi connectivity index (χ1n) is 13.9. The molecule has 0 aliphatic heterocycles. The van der Waals surface area contributed by atoms with Crippen LogP contribution in [-0.2, 0) is 4.79 Å². The zero-order valence-electron chi connectivity index (χ0n) is 21.5. The number of amides is 1. The number of rotatable bonds is 24. The second-order valence-corrected chi connectivity index (χ2v) is 9.47. The highest BCUT2D eigenvalue weighted by Crippen LogP contribution is 2.13. The third-order valence-electron chi connectivity index (χ3n) is 6.27. The molecule has 190 valence electrons. The van der Waals surface area contributed by atoms with Crippen molar-refractivity contribution >= 4 is 5.91 Å². The van der Waals surface area contributed by atoms with Crippen molar-refractivity contribution in [2.24, 2.45) is 0 Å². The molecule has 4 heteroatoms. The van der Waals surface area contributed by atoms with E-state index in [1.54, 1.807) is 6.08 Å². The van der Waals surface area contributed by atoms with Crippen molar-refractivity contribution in [3.8, 4) is 0 Å². The highest BCUT2D eigenvalue weighted by atomic mass is 16.3. The maximum Gasteiger partial charge on any atom is 0.220 e. The van der Waals surface area contributed by atoms with E-state index >= 15 is 0 Å². The fraction of sp³-hybridized carbons (Fsp3) is 0.893. The zero-order valence-corrected chi connectivity index (χ0v) is 21.5. The smallest absolute Gasteiger partial charge is 0.220 e. The number of hydrogen-bond acceptors (Lipinski definition) is 3. The van der Waals surface area contributed by atoms with Crippen LogP contribution in [0, 0.1) is 0 Å². The molecule has 2 unspecified atom stereocenters. The Kier molecular flexibility index (Phi) is 24.1. The van der Waals surface area contributed by atoms with E-state index in [0.717, 1.165) is 25.7 Å². The molecule has 0 aromatic heterocycles. The number of aliphatic hydroxyl groups excluding tert-OH is 2. The average molecular weight is 454 g/mol. The molecule has 0 saturated carbocycles. The minimum Gasteiger partial charge on any atom is -0.394 e. The van der Waals surface area contributed by atoms with Crippen molar-refractivity contribution < 1.29 is 15.0 Å². The number of unbranched alkanes of at least 4 members (excludes halogenated alkanes) is 17.